The number of carbonyl (C=O) groups is 1. The number of carboxylic acids is 1. The Morgan fingerprint density at radius 2 is 1.76 bits per heavy atom. The molecule has 8 nitrogen and oxygen atoms in total. The van der Waals surface area contributed by atoms with E-state index in [0.717, 1.165) is 10.3 Å². The molecule has 1 heterocycles. The highest BCUT2D eigenvalue weighted by molar-refractivity contribution is 9.10. The average Bonchev–Trinajstić information content (AvgIpc) is 3.17. The third-order valence-corrected chi connectivity index (χ3v) is 8.24. The molecule has 0 aliphatic carbocycles. The fraction of sp³-hybridized carbons (Fsp3) is 0.273. The van der Waals surface area contributed by atoms with Crippen LogP contribution in [0.15, 0.2) is 70.3 Å². The minimum atomic E-state index is -4.09. The molecule has 0 spiro atoms. The summed E-state index contributed by atoms with van der Waals surface area (Å²) < 4.78 is 35.7. The van der Waals surface area contributed by atoms with E-state index in [1.165, 1.54) is 36.0 Å². The molecule has 2 N–H and O–H groups in total. The maximum absolute atomic E-state index is 12.9. The van der Waals surface area contributed by atoms with E-state index >= 15 is 0 Å². The van der Waals surface area contributed by atoms with E-state index in [2.05, 4.69) is 25.6 Å². The lowest BCUT2D eigenvalue weighted by atomic mass is 10.1. The van der Waals surface area contributed by atoms with Crippen LogP contribution < -0.4 is 9.46 Å². The summed E-state index contributed by atoms with van der Waals surface area (Å²) in [5, 5.41) is 9.77. The molecule has 3 aromatic rings. The van der Waals surface area contributed by atoms with Crippen molar-refractivity contribution >= 4 is 43.7 Å². The normalized spacial score (nSPS) is 13.0. The Kier molecular flexibility index (Phi) is 7.88. The molecule has 0 unspecified atom stereocenters. The fourth-order valence-corrected chi connectivity index (χ4v) is 5.69. The predicted molar refractivity (Wildman–Crippen MR) is 131 cm³/mol. The topological polar surface area (TPSA) is 111 Å². The van der Waals surface area contributed by atoms with Gasteiger partial charge in [0, 0.05) is 28.7 Å². The second kappa shape index (κ2) is 10.3. The Morgan fingerprint density at radius 3 is 2.27 bits per heavy atom. The average molecular weight is 554 g/mol. The van der Waals surface area contributed by atoms with E-state index in [0.29, 0.717) is 17.3 Å². The van der Waals surface area contributed by atoms with Crippen LogP contribution in [0.4, 0.5) is 0 Å². The van der Waals surface area contributed by atoms with Gasteiger partial charge in [0.2, 0.25) is 10.0 Å². The van der Waals surface area contributed by atoms with E-state index in [-0.39, 0.29) is 4.90 Å². The third kappa shape index (κ3) is 6.59. The maximum Gasteiger partial charge on any atom is 0.323 e. The molecule has 0 saturated carbocycles. The Morgan fingerprint density at radius 1 is 1.18 bits per heavy atom. The highest BCUT2D eigenvalue weighted by Crippen LogP contribution is 2.32. The van der Waals surface area contributed by atoms with Crippen LogP contribution in [0.5, 0.6) is 11.5 Å². The molecule has 0 aliphatic rings. The molecule has 176 valence electrons. The molecule has 33 heavy (non-hydrogen) atoms. The number of aliphatic carboxylic acids is 1. The largest absolute Gasteiger partial charge is 0.480 e. The van der Waals surface area contributed by atoms with Crippen LogP contribution in [-0.2, 0) is 27.6 Å². The van der Waals surface area contributed by atoms with Gasteiger partial charge in [-0.3, -0.25) is 4.79 Å². The number of carboxylic acid groups (broad SMARTS) is 1. The molecular weight excluding hydrogens is 530 g/mol. The maximum atomic E-state index is 12.9. The molecule has 0 saturated heterocycles. The van der Waals surface area contributed by atoms with E-state index in [1.54, 1.807) is 38.4 Å². The summed E-state index contributed by atoms with van der Waals surface area (Å²) in [4.78, 5) is 16.2. The van der Waals surface area contributed by atoms with Crippen molar-refractivity contribution in [1.29, 1.82) is 0 Å². The fourth-order valence-electron chi connectivity index (χ4n) is 2.91. The van der Waals surface area contributed by atoms with Gasteiger partial charge in [0.25, 0.3) is 0 Å². The SMILES string of the molecule is Cn1ccnc1CSC(C)(C)[C@H](NS(=O)(=O)c1ccc(Oc2ccc(Br)cc2)cc1)C(=O)O. The number of halogens is 1. The Bertz CT molecular complexity index is 1210. The van der Waals surface area contributed by atoms with Gasteiger partial charge in [0.1, 0.15) is 23.4 Å². The lowest BCUT2D eigenvalue weighted by molar-refractivity contribution is -0.139. The summed E-state index contributed by atoms with van der Waals surface area (Å²) in [5.74, 6) is 0.998. The molecule has 0 aliphatic heterocycles. The number of aromatic nitrogens is 2. The molecule has 0 amide bonds. The lowest BCUT2D eigenvalue weighted by Crippen LogP contribution is -2.52. The predicted octanol–water partition coefficient (Wildman–Crippen LogP) is 4.42. The second-order valence-corrected chi connectivity index (χ2v) is 12.0. The summed E-state index contributed by atoms with van der Waals surface area (Å²) in [6, 6.07) is 11.7. The zero-order valence-electron chi connectivity index (χ0n) is 18.2. The number of thioether (sulfide) groups is 1. The van der Waals surface area contributed by atoms with E-state index in [9.17, 15) is 18.3 Å². The number of aryl methyl sites for hydroxylation is 1. The van der Waals surface area contributed by atoms with E-state index in [1.807, 2.05) is 23.7 Å². The van der Waals surface area contributed by atoms with Crippen LogP contribution in [0.3, 0.4) is 0 Å². The first-order valence-corrected chi connectivity index (χ1v) is 13.1. The van der Waals surface area contributed by atoms with Crippen molar-refractivity contribution in [3.8, 4) is 11.5 Å². The van der Waals surface area contributed by atoms with Gasteiger partial charge in [-0.25, -0.2) is 13.4 Å². The Hall–Kier alpha value is -2.34. The van der Waals surface area contributed by atoms with Gasteiger partial charge in [0.15, 0.2) is 0 Å². The van der Waals surface area contributed by atoms with Gasteiger partial charge in [-0.15, -0.1) is 11.8 Å². The van der Waals surface area contributed by atoms with Crippen molar-refractivity contribution < 1.29 is 23.1 Å². The van der Waals surface area contributed by atoms with E-state index in [4.69, 9.17) is 4.74 Å². The number of ether oxygens (including phenoxy) is 1. The molecule has 1 aromatic heterocycles. The molecule has 0 fully saturated rings. The lowest BCUT2D eigenvalue weighted by Gasteiger charge is -2.31. The minimum absolute atomic E-state index is 0.0539. The molecule has 1 atom stereocenters. The summed E-state index contributed by atoms with van der Waals surface area (Å²) in [7, 11) is -2.25. The summed E-state index contributed by atoms with van der Waals surface area (Å²) >= 11 is 4.67. The van der Waals surface area contributed by atoms with Gasteiger partial charge in [-0.2, -0.15) is 4.72 Å². The number of nitrogens with one attached hydrogen (secondary N) is 1. The van der Waals surface area contributed by atoms with E-state index < -0.39 is 26.8 Å². The first-order chi connectivity index (χ1) is 15.5. The molecule has 2 aromatic carbocycles. The zero-order valence-corrected chi connectivity index (χ0v) is 21.4. The standard InChI is InChI=1S/C22H24BrN3O5S2/c1-22(2,32-14-19-24-12-13-26(19)3)20(21(27)28)25-33(29,30)18-10-8-17(9-11-18)31-16-6-4-15(23)5-7-16/h4-13,20,25H,14H2,1-3H3,(H,27,28)/t20-/m1/s1. The van der Waals surface area contributed by atoms with Gasteiger partial charge < -0.3 is 14.4 Å². The Balaban J connectivity index is 1.72. The first-order valence-electron chi connectivity index (χ1n) is 9.87. The summed E-state index contributed by atoms with van der Waals surface area (Å²) in [6.07, 6.45) is 3.45. The number of benzene rings is 2. The van der Waals surface area contributed by atoms with Crippen LogP contribution in [0, 0.1) is 0 Å². The molecule has 3 rings (SSSR count). The van der Waals surface area contributed by atoms with Gasteiger partial charge >= 0.3 is 5.97 Å². The number of imidazole rings is 1. The second-order valence-electron chi connectivity index (χ2n) is 7.77. The number of nitrogens with zero attached hydrogens (tertiary/aromatic N) is 2. The van der Waals surface area contributed by atoms with Crippen LogP contribution in [0.2, 0.25) is 0 Å². The number of rotatable bonds is 10. The van der Waals surface area contributed by atoms with Crippen LogP contribution in [0.1, 0.15) is 19.7 Å². The van der Waals surface area contributed by atoms with Crippen molar-refractivity contribution in [3.63, 3.8) is 0 Å². The van der Waals surface area contributed by atoms with Gasteiger partial charge in [-0.1, -0.05) is 15.9 Å². The monoisotopic (exact) mass is 553 g/mol. The summed E-state index contributed by atoms with van der Waals surface area (Å²) in [5.41, 5.74) is 0. The zero-order chi connectivity index (χ0) is 24.2. The summed E-state index contributed by atoms with van der Waals surface area (Å²) in [6.45, 7) is 3.38. The highest BCUT2D eigenvalue weighted by atomic mass is 79.9. The highest BCUT2D eigenvalue weighted by Gasteiger charge is 2.39. The minimum Gasteiger partial charge on any atom is -0.480 e. The molecular formula is C22H24BrN3O5S2. The van der Waals surface area contributed by atoms with Crippen molar-refractivity contribution in [2.75, 3.05) is 0 Å². The molecule has 0 bridgehead atoms. The van der Waals surface area contributed by atoms with Crippen molar-refractivity contribution in [2.45, 2.75) is 35.3 Å². The van der Waals surface area contributed by atoms with Crippen LogP contribution >= 0.6 is 27.7 Å². The Labute approximate surface area is 205 Å². The quantitative estimate of drug-likeness (QED) is 0.382. The van der Waals surface area contributed by atoms with Crippen LogP contribution in [-0.4, -0.2) is 39.8 Å². The number of hydrogen-bond acceptors (Lipinski definition) is 6. The van der Waals surface area contributed by atoms with Crippen molar-refractivity contribution in [1.82, 2.24) is 14.3 Å². The van der Waals surface area contributed by atoms with Crippen molar-refractivity contribution in [3.05, 3.63) is 71.2 Å². The van der Waals surface area contributed by atoms with Crippen molar-refractivity contribution in [2.24, 2.45) is 7.05 Å². The van der Waals surface area contributed by atoms with Gasteiger partial charge in [0.05, 0.1) is 10.6 Å². The van der Waals surface area contributed by atoms with Gasteiger partial charge in [-0.05, 0) is 62.4 Å². The van der Waals surface area contributed by atoms with Crippen LogP contribution in [0.25, 0.3) is 0 Å². The third-order valence-electron chi connectivity index (χ3n) is 4.89. The number of sulfonamides is 1. The molecule has 0 radical (unpaired) electrons. The molecule has 11 heteroatoms. The first kappa shape index (κ1) is 25.3. The smallest absolute Gasteiger partial charge is 0.323 e. The number of hydrogen-bond donors (Lipinski definition) is 2.